The van der Waals surface area contributed by atoms with Gasteiger partial charge in [0, 0.05) is 42.5 Å². The van der Waals surface area contributed by atoms with Crippen LogP contribution in [0.15, 0.2) is 48.7 Å². The van der Waals surface area contributed by atoms with Crippen LogP contribution in [0.3, 0.4) is 0 Å². The lowest BCUT2D eigenvalue weighted by Crippen LogP contribution is -2.32. The van der Waals surface area contributed by atoms with Crippen LogP contribution in [-0.4, -0.2) is 43.0 Å². The van der Waals surface area contributed by atoms with Gasteiger partial charge in [0.2, 0.25) is 5.91 Å². The molecule has 3 rings (SSSR count). The summed E-state index contributed by atoms with van der Waals surface area (Å²) < 4.78 is 0. The molecule has 1 aromatic heterocycles. The molecule has 142 valence electrons. The van der Waals surface area contributed by atoms with E-state index in [1.165, 1.54) is 27.6 Å². The second kappa shape index (κ2) is 8.40. The molecule has 3 aromatic rings. The molecule has 0 aliphatic carbocycles. The van der Waals surface area contributed by atoms with E-state index in [0.717, 1.165) is 12.1 Å². The number of aryl methyl sites for hydroxylation is 2. The van der Waals surface area contributed by atoms with Crippen molar-refractivity contribution in [1.29, 1.82) is 0 Å². The minimum atomic E-state index is 0.0288. The molecule has 0 saturated carbocycles. The molecule has 1 amide bonds. The van der Waals surface area contributed by atoms with Gasteiger partial charge >= 0.3 is 0 Å². The quantitative estimate of drug-likeness (QED) is 0.667. The second-order valence-electron chi connectivity index (χ2n) is 7.56. The van der Waals surface area contributed by atoms with Crippen LogP contribution in [0.25, 0.3) is 10.9 Å². The van der Waals surface area contributed by atoms with Gasteiger partial charge in [-0.3, -0.25) is 4.79 Å². The number of carbonyl (C=O) groups is 1. The summed E-state index contributed by atoms with van der Waals surface area (Å²) in [4.78, 5) is 18.1. The molecular weight excluding hydrogens is 334 g/mol. The normalized spacial score (nSPS) is 12.5. The van der Waals surface area contributed by atoms with E-state index < -0.39 is 0 Å². The molecular formula is C23H29N3O. The third kappa shape index (κ3) is 4.58. The van der Waals surface area contributed by atoms with Gasteiger partial charge in [0.05, 0.1) is 0 Å². The van der Waals surface area contributed by atoms with Gasteiger partial charge in [-0.25, -0.2) is 0 Å². The maximum Gasteiger partial charge on any atom is 0.220 e. The van der Waals surface area contributed by atoms with Crippen molar-refractivity contribution >= 4 is 16.8 Å². The summed E-state index contributed by atoms with van der Waals surface area (Å²) >= 11 is 0. The lowest BCUT2D eigenvalue weighted by atomic mass is 9.85. The zero-order chi connectivity index (χ0) is 19.4. The molecule has 27 heavy (non-hydrogen) atoms. The number of benzene rings is 2. The van der Waals surface area contributed by atoms with Crippen LogP contribution in [-0.2, 0) is 4.79 Å². The minimum Gasteiger partial charge on any atom is -0.361 e. The van der Waals surface area contributed by atoms with Gasteiger partial charge in [0.25, 0.3) is 0 Å². The summed E-state index contributed by atoms with van der Waals surface area (Å²) in [7, 11) is 4.02. The molecule has 0 aliphatic rings. The van der Waals surface area contributed by atoms with Gasteiger partial charge < -0.3 is 15.2 Å². The number of hydrogen-bond acceptors (Lipinski definition) is 2. The van der Waals surface area contributed by atoms with Crippen molar-refractivity contribution in [3.05, 3.63) is 70.9 Å². The Morgan fingerprint density at radius 3 is 2.63 bits per heavy atom. The van der Waals surface area contributed by atoms with Crippen LogP contribution >= 0.6 is 0 Å². The van der Waals surface area contributed by atoms with E-state index in [1.807, 2.05) is 20.2 Å². The van der Waals surface area contributed by atoms with Crippen molar-refractivity contribution in [3.8, 4) is 0 Å². The minimum absolute atomic E-state index is 0.0288. The zero-order valence-corrected chi connectivity index (χ0v) is 16.7. The number of aromatic amines is 1. The fourth-order valence-corrected chi connectivity index (χ4v) is 3.66. The molecule has 0 radical (unpaired) electrons. The van der Waals surface area contributed by atoms with Crippen LogP contribution in [0.5, 0.6) is 0 Å². The first-order valence-electron chi connectivity index (χ1n) is 9.50. The van der Waals surface area contributed by atoms with Crippen LogP contribution in [0, 0.1) is 13.8 Å². The Bertz CT molecular complexity index is 926. The molecule has 2 aromatic carbocycles. The molecule has 4 heteroatoms. The van der Waals surface area contributed by atoms with Gasteiger partial charge in [0.15, 0.2) is 0 Å². The van der Waals surface area contributed by atoms with Crippen molar-refractivity contribution in [2.45, 2.75) is 26.2 Å². The monoisotopic (exact) mass is 363 g/mol. The van der Waals surface area contributed by atoms with E-state index in [4.69, 9.17) is 0 Å². The summed E-state index contributed by atoms with van der Waals surface area (Å²) in [5, 5.41) is 4.25. The number of amides is 1. The van der Waals surface area contributed by atoms with Gasteiger partial charge in [-0.15, -0.1) is 0 Å². The van der Waals surface area contributed by atoms with Gasteiger partial charge in [-0.1, -0.05) is 42.0 Å². The molecule has 2 N–H and O–H groups in total. The number of hydrogen-bond donors (Lipinski definition) is 2. The third-order valence-electron chi connectivity index (χ3n) is 5.07. The molecule has 0 aliphatic heterocycles. The Hall–Kier alpha value is -2.59. The van der Waals surface area contributed by atoms with Crippen molar-refractivity contribution in [2.75, 3.05) is 27.2 Å². The first-order chi connectivity index (χ1) is 13.0. The Balaban J connectivity index is 1.93. The van der Waals surface area contributed by atoms with Crippen LogP contribution in [0.2, 0.25) is 0 Å². The van der Waals surface area contributed by atoms with E-state index in [0.29, 0.717) is 13.0 Å². The summed E-state index contributed by atoms with van der Waals surface area (Å²) in [5.74, 6) is 0.119. The SMILES string of the molecule is Cc1ccc(C(CC(=O)NCCN(C)C)c2c[nH]c3ccccc23)c(C)c1. The smallest absolute Gasteiger partial charge is 0.220 e. The van der Waals surface area contributed by atoms with Crippen molar-refractivity contribution < 1.29 is 4.79 Å². The number of nitrogens with zero attached hydrogens (tertiary/aromatic N) is 1. The number of likely N-dealkylation sites (N-methyl/N-ethyl adjacent to an activating group) is 1. The largest absolute Gasteiger partial charge is 0.361 e. The van der Waals surface area contributed by atoms with Crippen molar-refractivity contribution in [2.24, 2.45) is 0 Å². The van der Waals surface area contributed by atoms with Gasteiger partial charge in [0.1, 0.15) is 0 Å². The third-order valence-corrected chi connectivity index (χ3v) is 5.07. The number of fused-ring (bicyclic) bond motifs is 1. The van der Waals surface area contributed by atoms with Crippen LogP contribution in [0.4, 0.5) is 0 Å². The maximum absolute atomic E-state index is 12.7. The van der Waals surface area contributed by atoms with Gasteiger partial charge in [-0.05, 0) is 50.7 Å². The Kier molecular flexibility index (Phi) is 5.97. The number of H-pyrrole nitrogens is 1. The summed E-state index contributed by atoms with van der Waals surface area (Å²) in [6.45, 7) is 5.74. The Morgan fingerprint density at radius 1 is 1.11 bits per heavy atom. The first kappa shape index (κ1) is 19.2. The average molecular weight is 364 g/mol. The van der Waals surface area contributed by atoms with E-state index >= 15 is 0 Å². The Labute approximate surface area is 161 Å². The average Bonchev–Trinajstić information content (AvgIpc) is 3.04. The van der Waals surface area contributed by atoms with E-state index in [-0.39, 0.29) is 11.8 Å². The zero-order valence-electron chi connectivity index (χ0n) is 16.7. The first-order valence-corrected chi connectivity index (χ1v) is 9.50. The summed E-state index contributed by atoms with van der Waals surface area (Å²) in [6, 6.07) is 14.8. The van der Waals surface area contributed by atoms with E-state index in [2.05, 4.69) is 71.6 Å². The van der Waals surface area contributed by atoms with Crippen molar-refractivity contribution in [3.63, 3.8) is 0 Å². The topological polar surface area (TPSA) is 48.1 Å². The molecule has 1 atom stereocenters. The fourth-order valence-electron chi connectivity index (χ4n) is 3.66. The maximum atomic E-state index is 12.7. The number of carbonyl (C=O) groups excluding carboxylic acids is 1. The highest BCUT2D eigenvalue weighted by Crippen LogP contribution is 2.35. The molecule has 0 saturated heterocycles. The predicted molar refractivity (Wildman–Crippen MR) is 112 cm³/mol. The lowest BCUT2D eigenvalue weighted by Gasteiger charge is -2.20. The molecule has 1 heterocycles. The standard InChI is InChI=1S/C23H29N3O/c1-16-9-10-18(17(2)13-16)20(14-23(27)24-11-12-26(3)4)21-15-25-22-8-6-5-7-19(21)22/h5-10,13,15,20,25H,11-12,14H2,1-4H3,(H,24,27). The van der Waals surface area contributed by atoms with Crippen molar-refractivity contribution in [1.82, 2.24) is 15.2 Å². The highest BCUT2D eigenvalue weighted by molar-refractivity contribution is 5.86. The Morgan fingerprint density at radius 2 is 1.89 bits per heavy atom. The number of rotatable bonds is 7. The van der Waals surface area contributed by atoms with Gasteiger partial charge in [-0.2, -0.15) is 0 Å². The van der Waals surface area contributed by atoms with E-state index in [9.17, 15) is 4.79 Å². The number of para-hydroxylation sites is 1. The summed E-state index contributed by atoms with van der Waals surface area (Å²) in [6.07, 6.45) is 2.50. The number of nitrogens with one attached hydrogen (secondary N) is 2. The predicted octanol–water partition coefficient (Wildman–Crippen LogP) is 3.98. The molecule has 0 spiro atoms. The highest BCUT2D eigenvalue weighted by atomic mass is 16.1. The molecule has 0 fully saturated rings. The fraction of sp³-hybridized carbons (Fsp3) is 0.348. The molecule has 4 nitrogen and oxygen atoms in total. The van der Waals surface area contributed by atoms with E-state index in [1.54, 1.807) is 0 Å². The highest BCUT2D eigenvalue weighted by Gasteiger charge is 2.22. The molecule has 1 unspecified atom stereocenters. The number of aromatic nitrogens is 1. The van der Waals surface area contributed by atoms with Crippen LogP contribution < -0.4 is 5.32 Å². The lowest BCUT2D eigenvalue weighted by molar-refractivity contribution is -0.121. The summed E-state index contributed by atoms with van der Waals surface area (Å²) in [5.41, 5.74) is 5.97. The second-order valence-corrected chi connectivity index (χ2v) is 7.56. The molecule has 0 bridgehead atoms. The van der Waals surface area contributed by atoms with Crippen LogP contribution in [0.1, 0.15) is 34.6 Å².